The Balaban J connectivity index is 1.94. The molecule has 0 saturated heterocycles. The molecule has 1 aromatic carbocycles. The molecule has 0 nitrogen and oxygen atoms in total. The molecule has 2 rings (SSSR count). The van der Waals surface area contributed by atoms with Gasteiger partial charge in [0.05, 0.1) is 0 Å². The molecule has 0 radical (unpaired) electrons. The number of halogens is 1. The zero-order chi connectivity index (χ0) is 10.5. The maximum Gasteiger partial charge on any atom is 0.352 e. The molecule has 0 aromatic heterocycles. The fraction of sp³-hybridized carbons (Fsp3) is 0.429. The molecule has 0 aliphatic heterocycles. The average molecular weight is 313 g/mol. The Morgan fingerprint density at radius 1 is 1.27 bits per heavy atom. The Labute approximate surface area is 103 Å². The van der Waals surface area contributed by atoms with Crippen LogP contribution in [-0.2, 0) is 0 Å². The Hall–Kier alpha value is -0.310. The first kappa shape index (κ1) is 11.2. The highest BCUT2D eigenvalue weighted by Gasteiger charge is 2.23. The smallest absolute Gasteiger partial charge is 0.0651 e. The van der Waals surface area contributed by atoms with Gasteiger partial charge >= 0.3 is 21.2 Å². The molecule has 0 amide bonds. The summed E-state index contributed by atoms with van der Waals surface area (Å²) in [6.07, 6.45) is 8.00. The molecule has 80 valence electrons. The van der Waals surface area contributed by atoms with Crippen LogP contribution < -0.4 is 21.2 Å². The van der Waals surface area contributed by atoms with E-state index in [9.17, 15) is 0 Å². The van der Waals surface area contributed by atoms with Crippen molar-refractivity contribution in [2.24, 2.45) is 5.92 Å². The molecule has 1 aromatic rings. The van der Waals surface area contributed by atoms with E-state index in [1.54, 1.807) is 7.15 Å². The van der Waals surface area contributed by atoms with Crippen molar-refractivity contribution < 1.29 is 21.2 Å². The van der Waals surface area contributed by atoms with Crippen LogP contribution in [0.3, 0.4) is 0 Å². The van der Waals surface area contributed by atoms with E-state index in [0.717, 1.165) is 5.92 Å². The van der Waals surface area contributed by atoms with Crippen LogP contribution in [0.5, 0.6) is 0 Å². The summed E-state index contributed by atoms with van der Waals surface area (Å²) in [6.45, 7) is 2.32. The van der Waals surface area contributed by atoms with E-state index in [-0.39, 0.29) is 21.2 Å². The summed E-state index contributed by atoms with van der Waals surface area (Å²) in [5, 5.41) is 0. The van der Waals surface area contributed by atoms with Crippen molar-refractivity contribution in [2.45, 2.75) is 32.6 Å². The Bertz CT molecular complexity index is 326. The lowest BCUT2D eigenvalue weighted by Crippen LogP contribution is -3.61. The van der Waals surface area contributed by atoms with Crippen molar-refractivity contribution in [1.82, 2.24) is 0 Å². The van der Waals surface area contributed by atoms with Crippen molar-refractivity contribution >= 4 is 0 Å². The van der Waals surface area contributed by atoms with Gasteiger partial charge in [-0.3, -0.25) is 0 Å². The third-order valence-corrected chi connectivity index (χ3v) is 6.02. The third-order valence-electron chi connectivity index (χ3n) is 3.01. The second-order valence-corrected chi connectivity index (χ2v) is 7.26. The maximum atomic E-state index is 2.53. The van der Waals surface area contributed by atoms with Gasteiger partial charge in [-0.2, -0.15) is 0 Å². The van der Waals surface area contributed by atoms with Crippen LogP contribution in [-0.4, -0.2) is 0 Å². The zero-order valence-electron chi connectivity index (χ0n) is 9.25. The highest BCUT2D eigenvalue weighted by atomic mass is 127. The topological polar surface area (TPSA) is 0 Å². The maximum absolute atomic E-state index is 2.53. The molecular formula is C14H18I+. The molecule has 0 spiro atoms. The van der Waals surface area contributed by atoms with E-state index in [0.29, 0.717) is 0 Å². The molecule has 0 fully saturated rings. The molecule has 0 bridgehead atoms. The SMILES string of the molecule is CCC1CC=C([I+]c2ccccc2)CC1. The summed E-state index contributed by atoms with van der Waals surface area (Å²) in [4.78, 5) is 0. The largest absolute Gasteiger partial charge is 0.352 e. The van der Waals surface area contributed by atoms with Gasteiger partial charge in [-0.1, -0.05) is 31.5 Å². The fourth-order valence-electron chi connectivity index (χ4n) is 1.93. The molecule has 1 atom stereocenters. The molecular weight excluding hydrogens is 295 g/mol. The summed E-state index contributed by atoms with van der Waals surface area (Å²) >= 11 is 0.142. The van der Waals surface area contributed by atoms with Crippen LogP contribution in [0.15, 0.2) is 40.0 Å². The van der Waals surface area contributed by atoms with Crippen molar-refractivity contribution in [3.8, 4) is 0 Å². The lowest BCUT2D eigenvalue weighted by molar-refractivity contribution is -0.579. The Kier molecular flexibility index (Phi) is 4.24. The number of benzene rings is 1. The first-order valence-electron chi connectivity index (χ1n) is 5.77. The van der Waals surface area contributed by atoms with Gasteiger partial charge in [0, 0.05) is 6.42 Å². The van der Waals surface area contributed by atoms with Gasteiger partial charge in [0.1, 0.15) is 0 Å². The fourth-order valence-corrected chi connectivity index (χ4v) is 4.56. The zero-order valence-corrected chi connectivity index (χ0v) is 11.4. The summed E-state index contributed by atoms with van der Waals surface area (Å²) in [7, 11) is 0. The predicted molar refractivity (Wildman–Crippen MR) is 60.9 cm³/mol. The normalized spacial score (nSPS) is 21.1. The monoisotopic (exact) mass is 313 g/mol. The van der Waals surface area contributed by atoms with E-state index >= 15 is 0 Å². The van der Waals surface area contributed by atoms with Crippen LogP contribution in [0.4, 0.5) is 0 Å². The number of allylic oxidation sites excluding steroid dienone is 2. The minimum Gasteiger partial charge on any atom is -0.0651 e. The molecule has 1 heteroatoms. The number of hydrogen-bond acceptors (Lipinski definition) is 0. The summed E-state index contributed by atoms with van der Waals surface area (Å²) in [5.41, 5.74) is 0. The number of hydrogen-bond donors (Lipinski definition) is 0. The second kappa shape index (κ2) is 5.69. The van der Waals surface area contributed by atoms with Crippen molar-refractivity contribution in [2.75, 3.05) is 0 Å². The van der Waals surface area contributed by atoms with E-state index in [2.05, 4.69) is 43.3 Å². The standard InChI is InChI=1S/C14H18I/c1-2-12-8-10-14(11-9-12)15-13-6-4-3-5-7-13/h3-7,10,12H,2,8-9,11H2,1H3/q+1. The van der Waals surface area contributed by atoms with Gasteiger partial charge in [-0.15, -0.1) is 0 Å². The van der Waals surface area contributed by atoms with Crippen molar-refractivity contribution in [3.05, 3.63) is 43.6 Å². The van der Waals surface area contributed by atoms with Crippen molar-refractivity contribution in [3.63, 3.8) is 0 Å². The van der Waals surface area contributed by atoms with Crippen LogP contribution in [0.1, 0.15) is 32.6 Å². The first-order chi connectivity index (χ1) is 7.38. The van der Waals surface area contributed by atoms with E-state index in [4.69, 9.17) is 0 Å². The first-order valence-corrected chi connectivity index (χ1v) is 7.93. The third kappa shape index (κ3) is 3.33. The molecule has 1 aliphatic carbocycles. The Morgan fingerprint density at radius 3 is 2.67 bits per heavy atom. The van der Waals surface area contributed by atoms with E-state index in [1.807, 2.05) is 0 Å². The molecule has 0 heterocycles. The highest BCUT2D eigenvalue weighted by molar-refractivity contribution is 5.02. The van der Waals surface area contributed by atoms with Crippen molar-refractivity contribution in [1.29, 1.82) is 0 Å². The molecule has 15 heavy (non-hydrogen) atoms. The summed E-state index contributed by atoms with van der Waals surface area (Å²) in [6, 6.07) is 11.0. The van der Waals surface area contributed by atoms with Crippen LogP contribution in [0.2, 0.25) is 0 Å². The molecule has 0 N–H and O–H groups in total. The molecule has 0 saturated carbocycles. The van der Waals surface area contributed by atoms with E-state index in [1.165, 1.54) is 25.7 Å². The summed E-state index contributed by atoms with van der Waals surface area (Å²) in [5.74, 6) is 0.966. The molecule has 1 aliphatic rings. The van der Waals surface area contributed by atoms with Crippen LogP contribution in [0, 0.1) is 9.49 Å². The van der Waals surface area contributed by atoms with Gasteiger partial charge in [0.25, 0.3) is 0 Å². The van der Waals surface area contributed by atoms with E-state index < -0.39 is 0 Å². The van der Waals surface area contributed by atoms with Gasteiger partial charge < -0.3 is 0 Å². The lowest BCUT2D eigenvalue weighted by atomic mass is 9.92. The van der Waals surface area contributed by atoms with Gasteiger partial charge in [-0.05, 0) is 37.0 Å². The minimum atomic E-state index is 0.142. The molecule has 1 unspecified atom stereocenters. The lowest BCUT2D eigenvalue weighted by Gasteiger charge is -2.14. The minimum absolute atomic E-state index is 0.142. The summed E-state index contributed by atoms with van der Waals surface area (Å²) < 4.78 is 3.32. The van der Waals surface area contributed by atoms with Crippen LogP contribution >= 0.6 is 0 Å². The second-order valence-electron chi connectivity index (χ2n) is 4.09. The Morgan fingerprint density at radius 2 is 2.07 bits per heavy atom. The van der Waals surface area contributed by atoms with Gasteiger partial charge in [0.2, 0.25) is 0 Å². The quantitative estimate of drug-likeness (QED) is 0.732. The van der Waals surface area contributed by atoms with Gasteiger partial charge in [-0.25, -0.2) is 0 Å². The average Bonchev–Trinajstić information content (AvgIpc) is 2.31. The highest BCUT2D eigenvalue weighted by Crippen LogP contribution is 2.22. The van der Waals surface area contributed by atoms with Gasteiger partial charge in [0.15, 0.2) is 7.15 Å². The van der Waals surface area contributed by atoms with Crippen LogP contribution in [0.25, 0.3) is 0 Å². The predicted octanol–water partition coefficient (Wildman–Crippen LogP) is 1.04. The number of rotatable bonds is 3.